The van der Waals surface area contributed by atoms with Gasteiger partial charge in [0.2, 0.25) is 5.91 Å². The highest BCUT2D eigenvalue weighted by Crippen LogP contribution is 2.41. The zero-order valence-corrected chi connectivity index (χ0v) is 17.1. The van der Waals surface area contributed by atoms with Gasteiger partial charge in [-0.1, -0.05) is 19.8 Å². The topological polar surface area (TPSA) is 109 Å². The Morgan fingerprint density at radius 2 is 1.71 bits per heavy atom. The van der Waals surface area contributed by atoms with Crippen LogP contribution in [0.2, 0.25) is 0 Å². The second kappa shape index (κ2) is 9.77. The highest BCUT2D eigenvalue weighted by molar-refractivity contribution is 5.95. The summed E-state index contributed by atoms with van der Waals surface area (Å²) < 4.78 is 16.4. The van der Waals surface area contributed by atoms with Crippen LogP contribution in [-0.4, -0.2) is 43.7 Å². The molecule has 0 spiro atoms. The average Bonchev–Trinajstić information content (AvgIpc) is 2.70. The van der Waals surface area contributed by atoms with E-state index in [2.05, 4.69) is 22.2 Å². The van der Waals surface area contributed by atoms with Gasteiger partial charge in [-0.25, -0.2) is 9.97 Å². The molecule has 3 N–H and O–H groups in total. The molecule has 0 saturated carbocycles. The predicted octanol–water partition coefficient (Wildman–Crippen LogP) is 3.18. The molecule has 2 aromatic rings. The first kappa shape index (κ1) is 21.3. The summed E-state index contributed by atoms with van der Waals surface area (Å²) in [5.74, 6) is 1.22. The monoisotopic (exact) mass is 388 g/mol. The lowest BCUT2D eigenvalue weighted by molar-refractivity contribution is 0.0999. The standard InChI is InChI=1S/C20H28N4O4/c1-6-7-8-9-22-19-20(28-5)24-17(12(2)23-19)16-14(26-3)10-13(18(21)25)11-15(16)27-4/h10-11H,6-9H2,1-5H3,(H2,21,25)(H,22,23). The van der Waals surface area contributed by atoms with Gasteiger partial charge in [0.1, 0.15) is 17.2 Å². The number of nitrogens with zero attached hydrogens (tertiary/aromatic N) is 2. The van der Waals surface area contributed by atoms with E-state index in [1.807, 2.05) is 6.92 Å². The third-order valence-electron chi connectivity index (χ3n) is 4.33. The minimum atomic E-state index is -0.574. The van der Waals surface area contributed by atoms with Gasteiger partial charge < -0.3 is 25.3 Å². The summed E-state index contributed by atoms with van der Waals surface area (Å²) in [5, 5.41) is 3.28. The van der Waals surface area contributed by atoms with E-state index in [0.717, 1.165) is 25.8 Å². The number of aromatic nitrogens is 2. The van der Waals surface area contributed by atoms with Crippen molar-refractivity contribution in [1.29, 1.82) is 0 Å². The van der Waals surface area contributed by atoms with Crippen LogP contribution in [-0.2, 0) is 0 Å². The number of aryl methyl sites for hydroxylation is 1. The van der Waals surface area contributed by atoms with Crippen LogP contribution in [0.1, 0.15) is 42.2 Å². The summed E-state index contributed by atoms with van der Waals surface area (Å²) in [6, 6.07) is 3.12. The van der Waals surface area contributed by atoms with Gasteiger partial charge in [-0.3, -0.25) is 4.79 Å². The molecule has 2 rings (SSSR count). The van der Waals surface area contributed by atoms with Gasteiger partial charge in [-0.05, 0) is 25.5 Å². The molecule has 1 aromatic carbocycles. The quantitative estimate of drug-likeness (QED) is 0.602. The predicted molar refractivity (Wildman–Crippen MR) is 108 cm³/mol. The molecule has 8 heteroatoms. The van der Waals surface area contributed by atoms with Crippen molar-refractivity contribution in [3.8, 4) is 28.6 Å². The normalized spacial score (nSPS) is 10.5. The lowest BCUT2D eigenvalue weighted by Crippen LogP contribution is -2.12. The molecule has 152 valence electrons. The molecule has 0 radical (unpaired) electrons. The molecule has 0 aliphatic rings. The molecule has 0 saturated heterocycles. The number of hydrogen-bond acceptors (Lipinski definition) is 7. The maximum absolute atomic E-state index is 11.6. The molecule has 0 atom stereocenters. The van der Waals surface area contributed by atoms with Crippen molar-refractivity contribution in [2.75, 3.05) is 33.2 Å². The SMILES string of the molecule is CCCCCNc1nc(C)c(-c2c(OC)cc(C(N)=O)cc2OC)nc1OC. The number of methoxy groups -OCH3 is 3. The number of carbonyl (C=O) groups excluding carboxylic acids is 1. The number of rotatable bonds is 10. The maximum atomic E-state index is 11.6. The molecule has 8 nitrogen and oxygen atoms in total. The maximum Gasteiger partial charge on any atom is 0.257 e. The first-order chi connectivity index (χ1) is 13.5. The summed E-state index contributed by atoms with van der Waals surface area (Å²) in [6.45, 7) is 4.79. The summed E-state index contributed by atoms with van der Waals surface area (Å²) in [6.07, 6.45) is 3.32. The Hall–Kier alpha value is -3.03. The number of hydrogen-bond donors (Lipinski definition) is 2. The van der Waals surface area contributed by atoms with E-state index < -0.39 is 5.91 Å². The lowest BCUT2D eigenvalue weighted by atomic mass is 10.0. The fraction of sp³-hybridized carbons (Fsp3) is 0.450. The molecule has 0 aliphatic carbocycles. The van der Waals surface area contributed by atoms with Crippen LogP contribution in [0.25, 0.3) is 11.3 Å². The van der Waals surface area contributed by atoms with Crippen molar-refractivity contribution >= 4 is 11.7 Å². The van der Waals surface area contributed by atoms with E-state index in [1.54, 1.807) is 19.2 Å². The average molecular weight is 388 g/mol. The third-order valence-corrected chi connectivity index (χ3v) is 4.33. The molecular weight excluding hydrogens is 360 g/mol. The summed E-state index contributed by atoms with van der Waals surface area (Å²) >= 11 is 0. The highest BCUT2D eigenvalue weighted by Gasteiger charge is 2.22. The van der Waals surface area contributed by atoms with Crippen molar-refractivity contribution in [3.63, 3.8) is 0 Å². The van der Waals surface area contributed by atoms with Crippen LogP contribution in [0.15, 0.2) is 12.1 Å². The van der Waals surface area contributed by atoms with Crippen molar-refractivity contribution < 1.29 is 19.0 Å². The number of nitrogens with one attached hydrogen (secondary N) is 1. The first-order valence-electron chi connectivity index (χ1n) is 9.19. The van der Waals surface area contributed by atoms with E-state index in [4.69, 9.17) is 19.9 Å². The number of unbranched alkanes of at least 4 members (excludes halogenated alkanes) is 2. The molecule has 1 aromatic heterocycles. The molecule has 28 heavy (non-hydrogen) atoms. The molecule has 0 fully saturated rings. The zero-order valence-electron chi connectivity index (χ0n) is 17.1. The number of benzene rings is 1. The van der Waals surface area contributed by atoms with Gasteiger partial charge >= 0.3 is 0 Å². The molecule has 0 unspecified atom stereocenters. The Morgan fingerprint density at radius 1 is 1.07 bits per heavy atom. The van der Waals surface area contributed by atoms with E-state index >= 15 is 0 Å². The van der Waals surface area contributed by atoms with E-state index in [9.17, 15) is 4.79 Å². The summed E-state index contributed by atoms with van der Waals surface area (Å²) in [4.78, 5) is 20.9. The van der Waals surface area contributed by atoms with Gasteiger partial charge in [0, 0.05) is 12.1 Å². The van der Waals surface area contributed by atoms with Crippen molar-refractivity contribution in [1.82, 2.24) is 9.97 Å². The largest absolute Gasteiger partial charge is 0.496 e. The van der Waals surface area contributed by atoms with E-state index in [0.29, 0.717) is 40.1 Å². The number of amides is 1. The number of anilines is 1. The molecule has 1 amide bonds. The minimum Gasteiger partial charge on any atom is -0.496 e. The Balaban J connectivity index is 2.54. The van der Waals surface area contributed by atoms with Crippen LogP contribution in [0.4, 0.5) is 5.82 Å². The first-order valence-corrected chi connectivity index (χ1v) is 9.19. The Labute approximate surface area is 165 Å². The summed E-state index contributed by atoms with van der Waals surface area (Å²) in [7, 11) is 4.56. The van der Waals surface area contributed by atoms with E-state index in [1.165, 1.54) is 14.2 Å². The lowest BCUT2D eigenvalue weighted by Gasteiger charge is -2.17. The number of carbonyl (C=O) groups is 1. The minimum absolute atomic E-state index is 0.282. The Morgan fingerprint density at radius 3 is 2.21 bits per heavy atom. The van der Waals surface area contributed by atoms with Crippen LogP contribution in [0.3, 0.4) is 0 Å². The fourth-order valence-electron chi connectivity index (χ4n) is 2.87. The number of ether oxygens (including phenoxy) is 3. The van der Waals surface area contributed by atoms with Crippen LogP contribution >= 0.6 is 0 Å². The van der Waals surface area contributed by atoms with Crippen molar-refractivity contribution in [2.24, 2.45) is 5.73 Å². The second-order valence-electron chi connectivity index (χ2n) is 6.27. The second-order valence-corrected chi connectivity index (χ2v) is 6.27. The molecule has 0 bridgehead atoms. The molecule has 1 heterocycles. The van der Waals surface area contributed by atoms with Gasteiger partial charge in [-0.15, -0.1) is 0 Å². The Kier molecular flexibility index (Phi) is 7.43. The van der Waals surface area contributed by atoms with E-state index in [-0.39, 0.29) is 5.56 Å². The fourth-order valence-corrected chi connectivity index (χ4v) is 2.87. The van der Waals surface area contributed by atoms with Crippen LogP contribution in [0.5, 0.6) is 17.4 Å². The van der Waals surface area contributed by atoms with Crippen molar-refractivity contribution in [2.45, 2.75) is 33.1 Å². The van der Waals surface area contributed by atoms with Crippen LogP contribution in [0, 0.1) is 6.92 Å². The van der Waals surface area contributed by atoms with Gasteiger partial charge in [0.05, 0.1) is 32.6 Å². The van der Waals surface area contributed by atoms with Crippen molar-refractivity contribution in [3.05, 3.63) is 23.4 Å². The number of primary amides is 1. The number of nitrogens with two attached hydrogens (primary N) is 1. The summed E-state index contributed by atoms with van der Waals surface area (Å²) in [5.41, 5.74) is 7.48. The molecule has 0 aliphatic heterocycles. The van der Waals surface area contributed by atoms with Gasteiger partial charge in [0.25, 0.3) is 5.88 Å². The smallest absolute Gasteiger partial charge is 0.257 e. The third kappa shape index (κ3) is 4.62. The van der Waals surface area contributed by atoms with Gasteiger partial charge in [0.15, 0.2) is 5.82 Å². The van der Waals surface area contributed by atoms with Crippen LogP contribution < -0.4 is 25.3 Å². The Bertz CT molecular complexity index is 814. The highest BCUT2D eigenvalue weighted by atomic mass is 16.5. The van der Waals surface area contributed by atoms with Gasteiger partial charge in [-0.2, -0.15) is 0 Å². The zero-order chi connectivity index (χ0) is 20.7. The molecular formula is C20H28N4O4.